The molecule has 0 fully saturated rings. The van der Waals surface area contributed by atoms with E-state index >= 15 is 0 Å². The zero-order valence-corrected chi connectivity index (χ0v) is 14.1. The molecule has 0 heterocycles. The van der Waals surface area contributed by atoms with Crippen molar-refractivity contribution in [1.29, 1.82) is 0 Å². The molecule has 0 aliphatic rings. The van der Waals surface area contributed by atoms with E-state index in [1.165, 1.54) is 0 Å². The molecule has 1 radical (unpaired) electrons. The van der Waals surface area contributed by atoms with E-state index < -0.39 is 10.8 Å². The second kappa shape index (κ2) is 6.45. The highest BCUT2D eigenvalue weighted by molar-refractivity contribution is 5.70. The molecule has 1 nitrogen and oxygen atoms in total. The third kappa shape index (κ3) is 2.46. The van der Waals surface area contributed by atoms with Crippen LogP contribution in [0.15, 0.2) is 91.0 Å². The van der Waals surface area contributed by atoms with Crippen LogP contribution in [0, 0.1) is 5.41 Å². The first kappa shape index (κ1) is 16.2. The molecule has 0 aliphatic carbocycles. The number of rotatable bonds is 5. The minimum Gasteiger partial charge on any atom is -0.290 e. The first-order valence-electron chi connectivity index (χ1n) is 8.19. The van der Waals surface area contributed by atoms with E-state index in [9.17, 15) is 4.79 Å². The number of carbonyl (C=O) groups excluding carboxylic acids is 1. The summed E-state index contributed by atoms with van der Waals surface area (Å²) < 4.78 is 0. The highest BCUT2D eigenvalue weighted by Crippen LogP contribution is 2.50. The molecule has 0 atom stereocenters. The van der Waals surface area contributed by atoms with Gasteiger partial charge in [-0.1, -0.05) is 105 Å². The summed E-state index contributed by atoms with van der Waals surface area (Å²) in [6.45, 7) is 3.93. The highest BCUT2D eigenvalue weighted by Gasteiger charge is 2.49. The topological polar surface area (TPSA) is 17.1 Å². The van der Waals surface area contributed by atoms with Crippen molar-refractivity contribution in [1.82, 2.24) is 0 Å². The van der Waals surface area contributed by atoms with E-state index in [2.05, 4.69) is 42.7 Å². The highest BCUT2D eigenvalue weighted by atomic mass is 16.1. The van der Waals surface area contributed by atoms with Crippen LogP contribution in [0.4, 0.5) is 0 Å². The number of hydrogen-bond donors (Lipinski definition) is 0. The predicted octanol–water partition coefficient (Wildman–Crippen LogP) is 5.16. The quantitative estimate of drug-likeness (QED) is 0.595. The van der Waals surface area contributed by atoms with Gasteiger partial charge in [-0.05, 0) is 16.7 Å². The summed E-state index contributed by atoms with van der Waals surface area (Å²) in [5.41, 5.74) is 1.94. The van der Waals surface area contributed by atoms with Gasteiger partial charge >= 0.3 is 0 Å². The number of hydrogen-bond acceptors (Lipinski definition) is 1. The third-order valence-corrected chi connectivity index (χ3v) is 4.81. The number of benzene rings is 3. The lowest BCUT2D eigenvalue weighted by molar-refractivity contribution is 0.330. The molecule has 3 aromatic carbocycles. The Morgan fingerprint density at radius 3 is 1.12 bits per heavy atom. The van der Waals surface area contributed by atoms with Gasteiger partial charge in [-0.25, -0.2) is 0 Å². The average Bonchev–Trinajstić information content (AvgIpc) is 2.65. The molecule has 0 spiro atoms. The van der Waals surface area contributed by atoms with Crippen LogP contribution < -0.4 is 0 Å². The lowest BCUT2D eigenvalue weighted by Gasteiger charge is -2.45. The van der Waals surface area contributed by atoms with Crippen LogP contribution in [0.2, 0.25) is 0 Å². The summed E-state index contributed by atoms with van der Waals surface area (Å²) in [6, 6.07) is 30.7. The maximum absolute atomic E-state index is 12.1. The van der Waals surface area contributed by atoms with Crippen LogP contribution in [0.25, 0.3) is 0 Å². The van der Waals surface area contributed by atoms with Gasteiger partial charge in [-0.3, -0.25) is 4.79 Å². The average molecular weight is 313 g/mol. The molecule has 3 aromatic rings. The largest absolute Gasteiger partial charge is 0.290 e. The van der Waals surface area contributed by atoms with Crippen molar-refractivity contribution < 1.29 is 4.79 Å². The molecule has 0 bridgehead atoms. The van der Waals surface area contributed by atoms with Gasteiger partial charge in [0.25, 0.3) is 0 Å². The summed E-state index contributed by atoms with van der Waals surface area (Å²) in [6.07, 6.45) is 2.33. The second-order valence-corrected chi connectivity index (χ2v) is 6.58. The van der Waals surface area contributed by atoms with Crippen molar-refractivity contribution in [3.63, 3.8) is 0 Å². The summed E-state index contributed by atoms with van der Waals surface area (Å²) >= 11 is 0. The lowest BCUT2D eigenvalue weighted by atomic mass is 9.55. The Labute approximate surface area is 144 Å². The van der Waals surface area contributed by atoms with Crippen LogP contribution >= 0.6 is 0 Å². The fourth-order valence-electron chi connectivity index (χ4n) is 3.72. The van der Waals surface area contributed by atoms with E-state index in [-0.39, 0.29) is 0 Å². The fourth-order valence-corrected chi connectivity index (χ4v) is 3.72. The Morgan fingerprint density at radius 2 is 0.875 bits per heavy atom. The van der Waals surface area contributed by atoms with Crippen molar-refractivity contribution in [3.05, 3.63) is 108 Å². The Bertz CT molecular complexity index is 693. The maximum atomic E-state index is 12.1. The predicted molar refractivity (Wildman–Crippen MR) is 98.7 cm³/mol. The van der Waals surface area contributed by atoms with Gasteiger partial charge < -0.3 is 0 Å². The fraction of sp³-hybridized carbons (Fsp3) is 0.174. The molecule has 0 amide bonds. The van der Waals surface area contributed by atoms with Crippen molar-refractivity contribution in [2.24, 2.45) is 5.41 Å². The Kier molecular flexibility index (Phi) is 4.35. The van der Waals surface area contributed by atoms with Crippen molar-refractivity contribution >= 4 is 6.29 Å². The van der Waals surface area contributed by atoms with Gasteiger partial charge in [-0.15, -0.1) is 0 Å². The summed E-state index contributed by atoms with van der Waals surface area (Å²) in [4.78, 5) is 12.1. The first-order valence-corrected chi connectivity index (χ1v) is 8.19. The molecule has 119 valence electrons. The molecule has 0 saturated carbocycles. The van der Waals surface area contributed by atoms with Gasteiger partial charge in [0.1, 0.15) is 0 Å². The molecular weight excluding hydrogens is 292 g/mol. The van der Waals surface area contributed by atoms with E-state index in [1.807, 2.05) is 68.4 Å². The molecule has 24 heavy (non-hydrogen) atoms. The molecule has 0 unspecified atom stereocenters. The Balaban J connectivity index is 2.45. The van der Waals surface area contributed by atoms with E-state index in [0.29, 0.717) is 0 Å². The van der Waals surface area contributed by atoms with Gasteiger partial charge in [-0.2, -0.15) is 0 Å². The van der Waals surface area contributed by atoms with Crippen LogP contribution in [-0.2, 0) is 10.2 Å². The van der Waals surface area contributed by atoms with Crippen LogP contribution in [0.1, 0.15) is 30.5 Å². The smallest absolute Gasteiger partial charge is 0.206 e. The summed E-state index contributed by atoms with van der Waals surface area (Å²) in [5, 5.41) is 0. The first-order chi connectivity index (χ1) is 11.6. The lowest BCUT2D eigenvalue weighted by Crippen LogP contribution is -2.45. The van der Waals surface area contributed by atoms with Crippen LogP contribution in [0.5, 0.6) is 0 Å². The SMILES string of the molecule is CC(C)([C]=O)C(c1ccccc1)(c1ccccc1)c1ccccc1. The maximum Gasteiger partial charge on any atom is 0.206 e. The second-order valence-electron chi connectivity index (χ2n) is 6.58. The summed E-state index contributed by atoms with van der Waals surface area (Å²) in [7, 11) is 0. The minimum atomic E-state index is -0.739. The van der Waals surface area contributed by atoms with Gasteiger partial charge in [0.05, 0.1) is 5.41 Å². The van der Waals surface area contributed by atoms with Gasteiger partial charge in [0.2, 0.25) is 6.29 Å². The van der Waals surface area contributed by atoms with Crippen LogP contribution in [-0.4, -0.2) is 6.29 Å². The molecule has 0 aliphatic heterocycles. The van der Waals surface area contributed by atoms with E-state index in [1.54, 1.807) is 0 Å². The van der Waals surface area contributed by atoms with E-state index in [4.69, 9.17) is 0 Å². The molecule has 0 saturated heterocycles. The molecule has 0 aromatic heterocycles. The zero-order valence-electron chi connectivity index (χ0n) is 14.1. The molecule has 3 rings (SSSR count). The van der Waals surface area contributed by atoms with E-state index in [0.717, 1.165) is 16.7 Å². The standard InChI is InChI=1S/C23H21O/c1-22(2,18-24)23(19-12-6-3-7-13-19,20-14-8-4-9-15-20)21-16-10-5-11-17-21/h3-17H,1-2H3. The normalized spacial score (nSPS) is 11.9. The van der Waals surface area contributed by atoms with Gasteiger partial charge in [0.15, 0.2) is 0 Å². The van der Waals surface area contributed by atoms with Gasteiger partial charge in [0, 0.05) is 5.41 Å². The summed E-state index contributed by atoms with van der Waals surface area (Å²) in [5.74, 6) is 0. The van der Waals surface area contributed by atoms with Crippen molar-refractivity contribution in [3.8, 4) is 0 Å². The molecule has 1 heteroatoms. The molecule has 0 N–H and O–H groups in total. The Hall–Kier alpha value is -2.67. The van der Waals surface area contributed by atoms with Crippen molar-refractivity contribution in [2.75, 3.05) is 0 Å². The van der Waals surface area contributed by atoms with Crippen LogP contribution in [0.3, 0.4) is 0 Å². The Morgan fingerprint density at radius 1 is 0.583 bits per heavy atom. The third-order valence-electron chi connectivity index (χ3n) is 4.81. The van der Waals surface area contributed by atoms with Crippen molar-refractivity contribution in [2.45, 2.75) is 19.3 Å². The minimum absolute atomic E-state index is 0.599. The molecular formula is C23H21O. The monoisotopic (exact) mass is 313 g/mol. The zero-order chi connectivity index (χ0) is 17.0.